The third kappa shape index (κ3) is 8.14. The summed E-state index contributed by atoms with van der Waals surface area (Å²) in [5.74, 6) is 0.776. The standard InChI is InChI=1S/C15H23BO4S/c1-15(2,3)20-14(17)6-4-5-11-21-13-9-7-12(8-10-13)16(18)19/h7-10,18-19H,4-6,11H2,1-3H3. The Morgan fingerprint density at radius 2 is 1.81 bits per heavy atom. The molecule has 0 radical (unpaired) electrons. The summed E-state index contributed by atoms with van der Waals surface area (Å²) >= 11 is 1.69. The summed E-state index contributed by atoms with van der Waals surface area (Å²) in [7, 11) is -1.42. The number of carbonyl (C=O) groups excluding carboxylic acids is 1. The van der Waals surface area contributed by atoms with Crippen molar-refractivity contribution in [2.24, 2.45) is 0 Å². The van der Waals surface area contributed by atoms with Crippen molar-refractivity contribution in [3.63, 3.8) is 0 Å². The maximum atomic E-state index is 11.5. The normalized spacial score (nSPS) is 11.3. The fraction of sp³-hybridized carbons (Fsp3) is 0.533. The molecule has 21 heavy (non-hydrogen) atoms. The van der Waals surface area contributed by atoms with E-state index in [1.165, 1.54) is 0 Å². The topological polar surface area (TPSA) is 66.8 Å². The minimum absolute atomic E-state index is 0.145. The molecule has 0 bridgehead atoms. The van der Waals surface area contributed by atoms with Crippen LogP contribution < -0.4 is 5.46 Å². The number of esters is 1. The van der Waals surface area contributed by atoms with Crippen molar-refractivity contribution in [1.82, 2.24) is 0 Å². The summed E-state index contributed by atoms with van der Waals surface area (Å²) in [6.07, 6.45) is 2.21. The van der Waals surface area contributed by atoms with Gasteiger partial charge in [-0.05, 0) is 57.0 Å². The molecule has 0 fully saturated rings. The molecule has 0 aliphatic rings. The predicted molar refractivity (Wildman–Crippen MR) is 86.7 cm³/mol. The van der Waals surface area contributed by atoms with E-state index in [9.17, 15) is 4.79 Å². The van der Waals surface area contributed by atoms with E-state index in [-0.39, 0.29) is 5.97 Å². The molecule has 0 amide bonds. The number of hydrogen-bond donors (Lipinski definition) is 2. The zero-order valence-corrected chi connectivity index (χ0v) is 13.7. The van der Waals surface area contributed by atoms with Crippen molar-refractivity contribution in [3.8, 4) is 0 Å². The zero-order chi connectivity index (χ0) is 15.9. The number of hydrogen-bond acceptors (Lipinski definition) is 5. The van der Waals surface area contributed by atoms with Crippen molar-refractivity contribution in [2.75, 3.05) is 5.75 Å². The molecule has 0 saturated carbocycles. The molecule has 0 aromatic heterocycles. The van der Waals surface area contributed by atoms with Crippen molar-refractivity contribution in [2.45, 2.75) is 50.5 Å². The lowest BCUT2D eigenvalue weighted by Crippen LogP contribution is -2.29. The Kier molecular flexibility index (Phi) is 7.28. The molecule has 0 heterocycles. The van der Waals surface area contributed by atoms with Crippen LogP contribution in [0, 0.1) is 0 Å². The fourth-order valence-electron chi connectivity index (χ4n) is 1.69. The van der Waals surface area contributed by atoms with Gasteiger partial charge in [-0.1, -0.05) is 12.1 Å². The van der Waals surface area contributed by atoms with Gasteiger partial charge in [0.1, 0.15) is 5.60 Å². The van der Waals surface area contributed by atoms with Crippen LogP contribution in [0.5, 0.6) is 0 Å². The van der Waals surface area contributed by atoms with E-state index in [1.807, 2.05) is 32.9 Å². The van der Waals surface area contributed by atoms with E-state index >= 15 is 0 Å². The van der Waals surface area contributed by atoms with Crippen LogP contribution in [0.4, 0.5) is 0 Å². The molecule has 0 aliphatic carbocycles. The Morgan fingerprint density at radius 3 is 2.33 bits per heavy atom. The minimum Gasteiger partial charge on any atom is -0.460 e. The SMILES string of the molecule is CC(C)(C)OC(=O)CCCCSc1ccc(B(O)O)cc1. The Hall–Kier alpha value is -0.975. The van der Waals surface area contributed by atoms with Crippen molar-refractivity contribution < 1.29 is 19.6 Å². The number of ether oxygens (including phenoxy) is 1. The van der Waals surface area contributed by atoms with Gasteiger partial charge in [0.05, 0.1) is 0 Å². The summed E-state index contributed by atoms with van der Waals surface area (Å²) in [4.78, 5) is 12.6. The van der Waals surface area contributed by atoms with Gasteiger partial charge in [0.15, 0.2) is 0 Å². The molecule has 0 saturated heterocycles. The van der Waals surface area contributed by atoms with Crippen LogP contribution in [0.25, 0.3) is 0 Å². The molecule has 1 aromatic carbocycles. The molecule has 1 rings (SSSR count). The third-order valence-corrected chi connectivity index (χ3v) is 3.74. The quantitative estimate of drug-likeness (QED) is 0.349. The summed E-state index contributed by atoms with van der Waals surface area (Å²) in [5, 5.41) is 18.0. The summed E-state index contributed by atoms with van der Waals surface area (Å²) in [6.45, 7) is 5.61. The molecule has 6 heteroatoms. The molecule has 116 valence electrons. The van der Waals surface area contributed by atoms with Gasteiger partial charge in [0, 0.05) is 11.3 Å². The van der Waals surface area contributed by atoms with Gasteiger partial charge >= 0.3 is 13.1 Å². The number of rotatable bonds is 7. The number of benzene rings is 1. The fourth-order valence-corrected chi connectivity index (χ4v) is 2.60. The maximum Gasteiger partial charge on any atom is 0.488 e. The van der Waals surface area contributed by atoms with Crippen LogP contribution in [-0.2, 0) is 9.53 Å². The van der Waals surface area contributed by atoms with E-state index in [0.717, 1.165) is 23.5 Å². The predicted octanol–water partition coefficient (Wildman–Crippen LogP) is 1.97. The van der Waals surface area contributed by atoms with Crippen LogP contribution in [0.1, 0.15) is 40.0 Å². The molecule has 0 aliphatic heterocycles. The minimum atomic E-state index is -1.42. The van der Waals surface area contributed by atoms with Gasteiger partial charge in [-0.15, -0.1) is 11.8 Å². The number of unbranched alkanes of at least 4 members (excludes halogenated alkanes) is 1. The van der Waals surface area contributed by atoms with Gasteiger partial charge in [-0.25, -0.2) is 0 Å². The molecular weight excluding hydrogens is 287 g/mol. The number of carbonyl (C=O) groups is 1. The molecule has 0 atom stereocenters. The number of thioether (sulfide) groups is 1. The monoisotopic (exact) mass is 310 g/mol. The molecule has 1 aromatic rings. The largest absolute Gasteiger partial charge is 0.488 e. The first-order chi connectivity index (χ1) is 9.78. The van der Waals surface area contributed by atoms with Crippen molar-refractivity contribution in [3.05, 3.63) is 24.3 Å². The second-order valence-corrected chi connectivity index (χ2v) is 7.00. The van der Waals surface area contributed by atoms with E-state index in [2.05, 4.69) is 0 Å². The molecule has 4 nitrogen and oxygen atoms in total. The van der Waals surface area contributed by atoms with Crippen LogP contribution in [0.3, 0.4) is 0 Å². The second kappa shape index (κ2) is 8.46. The van der Waals surface area contributed by atoms with Crippen molar-refractivity contribution in [1.29, 1.82) is 0 Å². The highest BCUT2D eigenvalue weighted by molar-refractivity contribution is 7.99. The van der Waals surface area contributed by atoms with E-state index in [4.69, 9.17) is 14.8 Å². The van der Waals surface area contributed by atoms with Gasteiger partial charge < -0.3 is 14.8 Å². The highest BCUT2D eigenvalue weighted by Crippen LogP contribution is 2.19. The lowest BCUT2D eigenvalue weighted by Gasteiger charge is -2.19. The van der Waals surface area contributed by atoms with Crippen LogP contribution in [0.15, 0.2) is 29.2 Å². The summed E-state index contributed by atoms with van der Waals surface area (Å²) in [6, 6.07) is 7.14. The smallest absolute Gasteiger partial charge is 0.460 e. The highest BCUT2D eigenvalue weighted by Gasteiger charge is 2.15. The van der Waals surface area contributed by atoms with Crippen LogP contribution >= 0.6 is 11.8 Å². The van der Waals surface area contributed by atoms with E-state index in [0.29, 0.717) is 11.9 Å². The molecular formula is C15H23BO4S. The van der Waals surface area contributed by atoms with Gasteiger partial charge in [0.2, 0.25) is 0 Å². The molecule has 0 spiro atoms. The molecule has 0 unspecified atom stereocenters. The highest BCUT2D eigenvalue weighted by atomic mass is 32.2. The Bertz CT molecular complexity index is 440. The third-order valence-electron chi connectivity index (χ3n) is 2.64. The average Bonchev–Trinajstić information content (AvgIpc) is 2.36. The Morgan fingerprint density at radius 1 is 1.19 bits per heavy atom. The molecule has 2 N–H and O–H groups in total. The summed E-state index contributed by atoms with van der Waals surface area (Å²) < 4.78 is 5.25. The first-order valence-electron chi connectivity index (χ1n) is 7.09. The van der Waals surface area contributed by atoms with Gasteiger partial charge in [-0.2, -0.15) is 0 Å². The second-order valence-electron chi connectivity index (χ2n) is 5.83. The van der Waals surface area contributed by atoms with Crippen LogP contribution in [-0.4, -0.2) is 34.5 Å². The lowest BCUT2D eigenvalue weighted by atomic mass is 9.81. The first-order valence-corrected chi connectivity index (χ1v) is 8.07. The lowest BCUT2D eigenvalue weighted by molar-refractivity contribution is -0.154. The average molecular weight is 310 g/mol. The van der Waals surface area contributed by atoms with E-state index in [1.54, 1.807) is 23.9 Å². The van der Waals surface area contributed by atoms with Gasteiger partial charge in [0.25, 0.3) is 0 Å². The maximum absolute atomic E-state index is 11.5. The Balaban J connectivity index is 2.18. The van der Waals surface area contributed by atoms with Crippen LogP contribution in [0.2, 0.25) is 0 Å². The summed E-state index contributed by atoms with van der Waals surface area (Å²) in [5.41, 5.74) is 0.0782. The van der Waals surface area contributed by atoms with Crippen molar-refractivity contribution >= 4 is 30.3 Å². The first kappa shape index (κ1) is 18.1. The zero-order valence-electron chi connectivity index (χ0n) is 12.8. The van der Waals surface area contributed by atoms with Gasteiger partial charge in [-0.3, -0.25) is 4.79 Å². The Labute approximate surface area is 131 Å². The van der Waals surface area contributed by atoms with E-state index < -0.39 is 12.7 Å².